The lowest BCUT2D eigenvalue weighted by atomic mass is 10.0. The van der Waals surface area contributed by atoms with E-state index in [9.17, 15) is 9.59 Å². The Bertz CT molecular complexity index is 1170. The molecule has 1 N–H and O–H groups in total. The molecule has 0 bridgehead atoms. The molecule has 0 radical (unpaired) electrons. The minimum absolute atomic E-state index is 0.0490. The van der Waals surface area contributed by atoms with Crippen molar-refractivity contribution in [3.63, 3.8) is 0 Å². The molecule has 31 heavy (non-hydrogen) atoms. The number of carbonyl (C=O) groups is 2. The number of fused-ring (bicyclic) bond motifs is 1. The second-order valence-corrected chi connectivity index (χ2v) is 7.31. The van der Waals surface area contributed by atoms with E-state index in [0.717, 1.165) is 21.9 Å². The molecule has 0 fully saturated rings. The summed E-state index contributed by atoms with van der Waals surface area (Å²) in [5.74, 6) is -0.591. The second kappa shape index (κ2) is 9.72. The lowest BCUT2D eigenvalue weighted by molar-refractivity contribution is -0.145. The first kappa shape index (κ1) is 20.4. The molecule has 4 heteroatoms. The van der Waals surface area contributed by atoms with E-state index in [1.807, 2.05) is 91.0 Å². The SMILES string of the molecule is O=C(CC(NC(=O)c1ccccc1)c1ccccc1)OCc1cccc2ccccc12. The Labute approximate surface area is 181 Å². The fourth-order valence-electron chi connectivity index (χ4n) is 3.57. The molecular formula is C27H23NO3. The molecule has 0 saturated heterocycles. The van der Waals surface area contributed by atoms with Crippen molar-refractivity contribution in [2.75, 3.05) is 0 Å². The van der Waals surface area contributed by atoms with Gasteiger partial charge in [0, 0.05) is 5.56 Å². The van der Waals surface area contributed by atoms with Gasteiger partial charge >= 0.3 is 5.97 Å². The monoisotopic (exact) mass is 409 g/mol. The number of amides is 1. The van der Waals surface area contributed by atoms with Crippen LogP contribution in [0.15, 0.2) is 103 Å². The number of esters is 1. The maximum absolute atomic E-state index is 12.7. The Balaban J connectivity index is 1.46. The molecular weight excluding hydrogens is 386 g/mol. The maximum atomic E-state index is 12.7. The van der Waals surface area contributed by atoms with Gasteiger partial charge in [-0.1, -0.05) is 91.0 Å². The van der Waals surface area contributed by atoms with Gasteiger partial charge < -0.3 is 10.1 Å². The van der Waals surface area contributed by atoms with Crippen molar-refractivity contribution in [2.45, 2.75) is 19.1 Å². The summed E-state index contributed by atoms with van der Waals surface area (Å²) in [5, 5.41) is 5.14. The summed E-state index contributed by atoms with van der Waals surface area (Å²) in [6.45, 7) is 0.189. The minimum Gasteiger partial charge on any atom is -0.461 e. The maximum Gasteiger partial charge on any atom is 0.308 e. The number of nitrogens with one attached hydrogen (secondary N) is 1. The van der Waals surface area contributed by atoms with Gasteiger partial charge in [-0.05, 0) is 34.0 Å². The highest BCUT2D eigenvalue weighted by Gasteiger charge is 2.20. The predicted octanol–water partition coefficient (Wildman–Crippen LogP) is 5.44. The van der Waals surface area contributed by atoms with Crippen molar-refractivity contribution >= 4 is 22.6 Å². The summed E-state index contributed by atoms with van der Waals surface area (Å²) in [7, 11) is 0. The van der Waals surface area contributed by atoms with Crippen molar-refractivity contribution in [2.24, 2.45) is 0 Å². The van der Waals surface area contributed by atoms with E-state index in [1.165, 1.54) is 0 Å². The Kier molecular flexibility index (Phi) is 6.38. The summed E-state index contributed by atoms with van der Waals surface area (Å²) < 4.78 is 5.59. The normalized spacial score (nSPS) is 11.6. The van der Waals surface area contributed by atoms with Crippen LogP contribution in [0.2, 0.25) is 0 Å². The van der Waals surface area contributed by atoms with E-state index in [0.29, 0.717) is 5.56 Å². The van der Waals surface area contributed by atoms with Crippen LogP contribution in [-0.4, -0.2) is 11.9 Å². The molecule has 4 aromatic carbocycles. The fourth-order valence-corrected chi connectivity index (χ4v) is 3.57. The Hall–Kier alpha value is -3.92. The molecule has 0 aliphatic rings. The van der Waals surface area contributed by atoms with Gasteiger partial charge in [-0.25, -0.2) is 0 Å². The number of ether oxygens (including phenoxy) is 1. The molecule has 0 spiro atoms. The average molecular weight is 409 g/mol. The van der Waals surface area contributed by atoms with E-state index >= 15 is 0 Å². The Morgan fingerprint density at radius 2 is 1.39 bits per heavy atom. The zero-order valence-electron chi connectivity index (χ0n) is 17.0. The van der Waals surface area contributed by atoms with Crippen LogP contribution in [0, 0.1) is 0 Å². The number of rotatable bonds is 7. The highest BCUT2D eigenvalue weighted by Crippen LogP contribution is 2.21. The third kappa shape index (κ3) is 5.17. The standard InChI is InChI=1S/C27H23NO3/c29-26(31-19-23-16-9-15-20-10-7-8-17-24(20)23)18-25(21-11-3-1-4-12-21)28-27(30)22-13-5-2-6-14-22/h1-17,25H,18-19H2,(H,28,30). The number of hydrogen-bond donors (Lipinski definition) is 1. The minimum atomic E-state index is -0.478. The molecule has 4 rings (SSSR count). The molecule has 1 amide bonds. The molecule has 0 aliphatic carbocycles. The predicted molar refractivity (Wildman–Crippen MR) is 121 cm³/mol. The van der Waals surface area contributed by atoms with Gasteiger partial charge in [-0.3, -0.25) is 9.59 Å². The van der Waals surface area contributed by atoms with Gasteiger partial charge in [0.1, 0.15) is 6.61 Å². The van der Waals surface area contributed by atoms with Crippen LogP contribution >= 0.6 is 0 Å². The van der Waals surface area contributed by atoms with Crippen molar-refractivity contribution in [3.8, 4) is 0 Å². The zero-order chi connectivity index (χ0) is 21.5. The Morgan fingerprint density at radius 3 is 2.16 bits per heavy atom. The van der Waals surface area contributed by atoms with Crippen LogP contribution in [-0.2, 0) is 16.1 Å². The largest absolute Gasteiger partial charge is 0.461 e. The highest BCUT2D eigenvalue weighted by molar-refractivity contribution is 5.94. The molecule has 0 saturated carbocycles. The fraction of sp³-hybridized carbons (Fsp3) is 0.111. The topological polar surface area (TPSA) is 55.4 Å². The van der Waals surface area contributed by atoms with Gasteiger partial charge in [-0.2, -0.15) is 0 Å². The van der Waals surface area contributed by atoms with Crippen molar-refractivity contribution in [3.05, 3.63) is 120 Å². The van der Waals surface area contributed by atoms with Gasteiger partial charge in [0.2, 0.25) is 0 Å². The first-order valence-corrected chi connectivity index (χ1v) is 10.2. The first-order chi connectivity index (χ1) is 15.2. The zero-order valence-corrected chi connectivity index (χ0v) is 17.0. The number of carbonyl (C=O) groups excluding carboxylic acids is 2. The van der Waals surface area contributed by atoms with Crippen LogP contribution in [0.3, 0.4) is 0 Å². The number of benzene rings is 4. The summed E-state index contributed by atoms with van der Waals surface area (Å²) in [6.07, 6.45) is 0.0490. The van der Waals surface area contributed by atoms with Crippen molar-refractivity contribution in [1.29, 1.82) is 0 Å². The molecule has 4 nitrogen and oxygen atoms in total. The van der Waals surface area contributed by atoms with E-state index in [4.69, 9.17) is 4.74 Å². The summed E-state index contributed by atoms with van der Waals surface area (Å²) in [4.78, 5) is 25.4. The molecule has 0 aliphatic heterocycles. The van der Waals surface area contributed by atoms with E-state index in [-0.39, 0.29) is 24.9 Å². The van der Waals surface area contributed by atoms with Crippen molar-refractivity contribution in [1.82, 2.24) is 5.32 Å². The van der Waals surface area contributed by atoms with E-state index < -0.39 is 6.04 Å². The molecule has 1 unspecified atom stereocenters. The van der Waals surface area contributed by atoms with Crippen LogP contribution in [0.4, 0.5) is 0 Å². The lowest BCUT2D eigenvalue weighted by Gasteiger charge is -2.19. The van der Waals surface area contributed by atoms with E-state index in [2.05, 4.69) is 5.32 Å². The lowest BCUT2D eigenvalue weighted by Crippen LogP contribution is -2.30. The Morgan fingerprint density at radius 1 is 0.742 bits per heavy atom. The first-order valence-electron chi connectivity index (χ1n) is 10.2. The molecule has 0 heterocycles. The van der Waals surface area contributed by atoms with Crippen LogP contribution in [0.25, 0.3) is 10.8 Å². The van der Waals surface area contributed by atoms with Gasteiger partial charge in [-0.15, -0.1) is 0 Å². The molecule has 1 atom stereocenters. The van der Waals surface area contributed by atoms with Crippen LogP contribution < -0.4 is 5.32 Å². The quantitative estimate of drug-likeness (QED) is 0.413. The summed E-state index contributed by atoms with van der Waals surface area (Å²) in [5.41, 5.74) is 2.36. The second-order valence-electron chi connectivity index (χ2n) is 7.31. The smallest absolute Gasteiger partial charge is 0.308 e. The average Bonchev–Trinajstić information content (AvgIpc) is 2.83. The molecule has 4 aromatic rings. The number of hydrogen-bond acceptors (Lipinski definition) is 3. The third-order valence-electron chi connectivity index (χ3n) is 5.18. The summed E-state index contributed by atoms with van der Waals surface area (Å²) >= 11 is 0. The highest BCUT2D eigenvalue weighted by atomic mass is 16.5. The van der Waals surface area contributed by atoms with E-state index in [1.54, 1.807) is 12.1 Å². The molecule has 0 aromatic heterocycles. The molecule has 154 valence electrons. The van der Waals surface area contributed by atoms with Gasteiger partial charge in [0.25, 0.3) is 5.91 Å². The van der Waals surface area contributed by atoms with Crippen molar-refractivity contribution < 1.29 is 14.3 Å². The van der Waals surface area contributed by atoms with Gasteiger partial charge in [0.05, 0.1) is 12.5 Å². The summed E-state index contributed by atoms with van der Waals surface area (Å²) in [6, 6.07) is 31.9. The van der Waals surface area contributed by atoms with Gasteiger partial charge in [0.15, 0.2) is 0 Å². The third-order valence-corrected chi connectivity index (χ3v) is 5.18. The van der Waals surface area contributed by atoms with Crippen LogP contribution in [0.5, 0.6) is 0 Å². The van der Waals surface area contributed by atoms with Crippen LogP contribution in [0.1, 0.15) is 33.9 Å².